The molecule has 1 fully saturated rings. The van der Waals surface area contributed by atoms with E-state index in [1.54, 1.807) is 39.0 Å². The van der Waals surface area contributed by atoms with Crippen molar-refractivity contribution in [1.29, 1.82) is 0 Å². The molecule has 7 nitrogen and oxygen atoms in total. The fraction of sp³-hybridized carbons (Fsp3) is 0.400. The molecule has 32 heavy (non-hydrogen) atoms. The first kappa shape index (κ1) is 23.3. The fourth-order valence-electron chi connectivity index (χ4n) is 3.48. The van der Waals surface area contributed by atoms with E-state index >= 15 is 0 Å². The molecule has 0 aliphatic carbocycles. The summed E-state index contributed by atoms with van der Waals surface area (Å²) < 4.78 is 10.8. The van der Waals surface area contributed by atoms with Crippen LogP contribution in [-0.2, 0) is 20.9 Å². The summed E-state index contributed by atoms with van der Waals surface area (Å²) in [6.07, 6.45) is 0.788. The Bertz CT molecular complexity index is 982. The van der Waals surface area contributed by atoms with Gasteiger partial charge in [0.2, 0.25) is 5.91 Å². The van der Waals surface area contributed by atoms with Crippen LogP contribution in [0.4, 0.5) is 10.5 Å². The number of hydrogen-bond donors (Lipinski definition) is 1. The predicted molar refractivity (Wildman–Crippen MR) is 121 cm³/mol. The number of anilines is 1. The normalized spacial score (nSPS) is 15.9. The highest BCUT2D eigenvalue weighted by Crippen LogP contribution is 2.24. The fourth-order valence-corrected chi connectivity index (χ4v) is 3.48. The van der Waals surface area contributed by atoms with E-state index in [0.29, 0.717) is 24.2 Å². The minimum atomic E-state index is -0.633. The van der Waals surface area contributed by atoms with E-state index in [2.05, 4.69) is 5.32 Å². The van der Waals surface area contributed by atoms with Crippen molar-refractivity contribution >= 4 is 23.7 Å². The highest BCUT2D eigenvalue weighted by molar-refractivity contribution is 5.99. The minimum Gasteiger partial charge on any atom is -0.457 e. The molecular formula is C25H30N2O5. The average Bonchev–Trinajstić information content (AvgIpc) is 3.23. The zero-order valence-electron chi connectivity index (χ0n) is 19.0. The summed E-state index contributed by atoms with van der Waals surface area (Å²) in [7, 11) is 0. The van der Waals surface area contributed by atoms with Crippen molar-refractivity contribution in [3.63, 3.8) is 0 Å². The van der Waals surface area contributed by atoms with Gasteiger partial charge in [0.1, 0.15) is 18.2 Å². The van der Waals surface area contributed by atoms with Crippen LogP contribution in [-0.4, -0.2) is 41.1 Å². The number of benzene rings is 2. The standard InChI is InChI=1S/C25H30N2O5/c1-17-12-13-19(23(29)31-16-18-9-6-5-7-10-18)15-20(17)26-22(28)21-11-8-14-27(21)24(30)32-25(2,3)4/h5-7,9-10,12-13,15,21H,8,11,14,16H2,1-4H3,(H,26,28). The van der Waals surface area contributed by atoms with Crippen LogP contribution >= 0.6 is 0 Å². The van der Waals surface area contributed by atoms with Gasteiger partial charge in [-0.15, -0.1) is 0 Å². The number of nitrogens with zero attached hydrogens (tertiary/aromatic N) is 1. The van der Waals surface area contributed by atoms with Gasteiger partial charge in [-0.25, -0.2) is 9.59 Å². The van der Waals surface area contributed by atoms with Crippen molar-refractivity contribution in [3.05, 3.63) is 65.2 Å². The summed E-state index contributed by atoms with van der Waals surface area (Å²) in [5.74, 6) is -0.771. The Morgan fingerprint density at radius 1 is 1.09 bits per heavy atom. The second-order valence-corrected chi connectivity index (χ2v) is 8.91. The Kier molecular flexibility index (Phi) is 7.18. The molecule has 1 unspecified atom stereocenters. The summed E-state index contributed by atoms with van der Waals surface area (Å²) in [5.41, 5.74) is 1.92. The van der Waals surface area contributed by atoms with E-state index < -0.39 is 23.7 Å². The molecule has 1 atom stereocenters. The van der Waals surface area contributed by atoms with Crippen LogP contribution in [0.25, 0.3) is 0 Å². The number of nitrogens with one attached hydrogen (secondary N) is 1. The lowest BCUT2D eigenvalue weighted by Gasteiger charge is -2.28. The number of likely N-dealkylation sites (tertiary alicyclic amines) is 1. The van der Waals surface area contributed by atoms with Gasteiger partial charge < -0.3 is 14.8 Å². The van der Waals surface area contributed by atoms with Crippen molar-refractivity contribution in [3.8, 4) is 0 Å². The van der Waals surface area contributed by atoms with Crippen LogP contribution in [0, 0.1) is 6.92 Å². The summed E-state index contributed by atoms with van der Waals surface area (Å²) in [6.45, 7) is 7.86. The van der Waals surface area contributed by atoms with Crippen LogP contribution in [0.2, 0.25) is 0 Å². The quantitative estimate of drug-likeness (QED) is 0.685. The number of carbonyl (C=O) groups excluding carboxylic acids is 3. The maximum atomic E-state index is 13.0. The second kappa shape index (κ2) is 9.85. The van der Waals surface area contributed by atoms with Crippen molar-refractivity contribution in [2.24, 2.45) is 0 Å². The van der Waals surface area contributed by atoms with Gasteiger partial charge in [0.15, 0.2) is 0 Å². The van der Waals surface area contributed by atoms with Crippen LogP contribution in [0.1, 0.15) is 55.1 Å². The van der Waals surface area contributed by atoms with Gasteiger partial charge in [-0.05, 0) is 63.8 Å². The number of aryl methyl sites for hydroxylation is 1. The molecule has 0 aromatic heterocycles. The Balaban J connectivity index is 1.66. The lowest BCUT2D eigenvalue weighted by atomic mass is 10.1. The molecule has 2 aromatic carbocycles. The molecule has 1 aliphatic rings. The summed E-state index contributed by atoms with van der Waals surface area (Å²) in [6, 6.07) is 13.8. The maximum Gasteiger partial charge on any atom is 0.410 e. The second-order valence-electron chi connectivity index (χ2n) is 8.91. The van der Waals surface area contributed by atoms with E-state index in [-0.39, 0.29) is 12.5 Å². The molecule has 1 saturated heterocycles. The molecule has 0 saturated carbocycles. The number of ether oxygens (including phenoxy) is 2. The predicted octanol–water partition coefficient (Wildman–Crippen LogP) is 4.69. The number of rotatable bonds is 5. The summed E-state index contributed by atoms with van der Waals surface area (Å²) in [4.78, 5) is 39.4. The molecule has 0 spiro atoms. The van der Waals surface area contributed by atoms with Crippen molar-refractivity contribution in [2.45, 2.75) is 58.8 Å². The molecule has 3 rings (SSSR count). The molecule has 0 bridgehead atoms. The lowest BCUT2D eigenvalue weighted by Crippen LogP contribution is -2.45. The Morgan fingerprint density at radius 3 is 2.50 bits per heavy atom. The zero-order valence-corrected chi connectivity index (χ0v) is 19.0. The van der Waals surface area contributed by atoms with E-state index in [9.17, 15) is 14.4 Å². The van der Waals surface area contributed by atoms with Crippen LogP contribution in [0.5, 0.6) is 0 Å². The van der Waals surface area contributed by atoms with Gasteiger partial charge in [0, 0.05) is 12.2 Å². The van der Waals surface area contributed by atoms with Gasteiger partial charge in [0.05, 0.1) is 5.56 Å². The highest BCUT2D eigenvalue weighted by atomic mass is 16.6. The largest absolute Gasteiger partial charge is 0.457 e. The van der Waals surface area contributed by atoms with Crippen molar-refractivity contribution in [1.82, 2.24) is 4.90 Å². The molecule has 1 N–H and O–H groups in total. The third-order valence-electron chi connectivity index (χ3n) is 5.13. The van der Waals surface area contributed by atoms with Crippen LogP contribution in [0.3, 0.4) is 0 Å². The van der Waals surface area contributed by atoms with E-state index in [1.165, 1.54) is 4.90 Å². The van der Waals surface area contributed by atoms with Gasteiger partial charge in [-0.3, -0.25) is 9.69 Å². The smallest absolute Gasteiger partial charge is 0.410 e. The maximum absolute atomic E-state index is 13.0. The SMILES string of the molecule is Cc1ccc(C(=O)OCc2ccccc2)cc1NC(=O)C1CCCN1C(=O)OC(C)(C)C. The molecule has 2 amide bonds. The van der Waals surface area contributed by atoms with E-state index in [4.69, 9.17) is 9.47 Å². The molecule has 1 aliphatic heterocycles. The first-order valence-corrected chi connectivity index (χ1v) is 10.8. The first-order chi connectivity index (χ1) is 15.1. The van der Waals surface area contributed by atoms with E-state index in [0.717, 1.165) is 17.5 Å². The number of hydrogen-bond acceptors (Lipinski definition) is 5. The summed E-state index contributed by atoms with van der Waals surface area (Å²) in [5, 5.41) is 2.87. The Morgan fingerprint density at radius 2 is 1.81 bits per heavy atom. The molecule has 170 valence electrons. The lowest BCUT2D eigenvalue weighted by molar-refractivity contribution is -0.120. The first-order valence-electron chi connectivity index (χ1n) is 10.8. The topological polar surface area (TPSA) is 84.9 Å². The number of carbonyl (C=O) groups is 3. The number of esters is 1. The third-order valence-corrected chi connectivity index (χ3v) is 5.13. The van der Waals surface area contributed by atoms with Gasteiger partial charge in [-0.1, -0.05) is 36.4 Å². The number of amides is 2. The summed E-state index contributed by atoms with van der Waals surface area (Å²) >= 11 is 0. The van der Waals surface area contributed by atoms with Gasteiger partial charge in [-0.2, -0.15) is 0 Å². The molecule has 2 aromatic rings. The van der Waals surface area contributed by atoms with Gasteiger partial charge in [0.25, 0.3) is 0 Å². The van der Waals surface area contributed by atoms with Gasteiger partial charge >= 0.3 is 12.1 Å². The van der Waals surface area contributed by atoms with Crippen LogP contribution in [0.15, 0.2) is 48.5 Å². The van der Waals surface area contributed by atoms with Crippen molar-refractivity contribution < 1.29 is 23.9 Å². The molecule has 7 heteroatoms. The minimum absolute atomic E-state index is 0.169. The Labute approximate surface area is 188 Å². The molecule has 0 radical (unpaired) electrons. The van der Waals surface area contributed by atoms with Crippen molar-refractivity contribution in [2.75, 3.05) is 11.9 Å². The van der Waals surface area contributed by atoms with Crippen LogP contribution < -0.4 is 5.32 Å². The monoisotopic (exact) mass is 438 g/mol. The zero-order chi connectivity index (χ0) is 23.3. The average molecular weight is 439 g/mol. The Hall–Kier alpha value is -3.35. The third kappa shape index (κ3) is 6.09. The highest BCUT2D eigenvalue weighted by Gasteiger charge is 2.36. The van der Waals surface area contributed by atoms with E-state index in [1.807, 2.05) is 37.3 Å². The molecule has 1 heterocycles. The molecular weight excluding hydrogens is 408 g/mol.